The van der Waals surface area contributed by atoms with E-state index in [-0.39, 0.29) is 11.9 Å². The van der Waals surface area contributed by atoms with Crippen LogP contribution in [0.2, 0.25) is 0 Å². The summed E-state index contributed by atoms with van der Waals surface area (Å²) in [6.45, 7) is 2.11. The first-order chi connectivity index (χ1) is 17.8. The third kappa shape index (κ3) is 6.59. The van der Waals surface area contributed by atoms with E-state index in [0.29, 0.717) is 29.1 Å². The molecule has 1 aliphatic carbocycles. The van der Waals surface area contributed by atoms with Crippen LogP contribution < -0.4 is 4.74 Å². The number of nitrogens with zero attached hydrogens (tertiary/aromatic N) is 2. The molecule has 0 radical (unpaired) electrons. The van der Waals surface area contributed by atoms with Crippen molar-refractivity contribution >= 4 is 5.97 Å². The fourth-order valence-electron chi connectivity index (χ4n) is 5.29. The molecular formula is C30H39N2O5+. The summed E-state index contributed by atoms with van der Waals surface area (Å²) in [5, 5.41) is 12.0. The van der Waals surface area contributed by atoms with Gasteiger partial charge in [-0.3, -0.25) is 0 Å². The molecule has 1 N–H and O–H groups in total. The molecule has 0 bridgehead atoms. The molecule has 7 nitrogen and oxygen atoms in total. The molecule has 2 aromatic carbocycles. The second kappa shape index (κ2) is 11.9. The number of aliphatic hydroxyl groups is 1. The SMILES string of the molecule is COC(=O)c1ccc(OCCC[N+](C)(C)Cc2cnc([C@](O)(c3ccccc3)C3CCCCC3)o2)cc1. The average Bonchev–Trinajstić information content (AvgIpc) is 3.39. The van der Waals surface area contributed by atoms with Crippen LogP contribution in [0.15, 0.2) is 65.2 Å². The van der Waals surface area contributed by atoms with E-state index in [1.807, 2.05) is 30.3 Å². The van der Waals surface area contributed by atoms with Crippen LogP contribution in [0.5, 0.6) is 5.75 Å². The van der Waals surface area contributed by atoms with Crippen LogP contribution in [-0.4, -0.2) is 54.9 Å². The van der Waals surface area contributed by atoms with E-state index >= 15 is 0 Å². The maximum Gasteiger partial charge on any atom is 0.337 e. The third-order valence-electron chi connectivity index (χ3n) is 7.33. The Bertz CT molecular complexity index is 1140. The summed E-state index contributed by atoms with van der Waals surface area (Å²) in [4.78, 5) is 16.2. The molecule has 1 aliphatic rings. The van der Waals surface area contributed by atoms with Crippen LogP contribution in [0.3, 0.4) is 0 Å². The number of hydrogen-bond donors (Lipinski definition) is 1. The minimum absolute atomic E-state index is 0.0940. The molecule has 1 heterocycles. The van der Waals surface area contributed by atoms with Crippen molar-refractivity contribution in [1.29, 1.82) is 0 Å². The standard InChI is InChI=1S/C30H39N2O5/c1-32(2,19-10-20-36-26-17-15-23(16-18-26)28(33)35-3)22-27-21-31-29(37-27)30(34,24-11-6-4-7-12-24)25-13-8-5-9-14-25/h4,6-7,11-12,15-18,21,25,34H,5,8-10,13-14,19-20,22H2,1-3H3/q+1/t30-/m0/s1. The number of hydrogen-bond acceptors (Lipinski definition) is 6. The molecule has 7 heteroatoms. The van der Waals surface area contributed by atoms with E-state index in [0.717, 1.165) is 55.7 Å². The van der Waals surface area contributed by atoms with Crippen molar-refractivity contribution < 1.29 is 28.3 Å². The number of ether oxygens (including phenoxy) is 2. The first kappa shape index (κ1) is 26.9. The van der Waals surface area contributed by atoms with E-state index in [4.69, 9.17) is 13.9 Å². The first-order valence-electron chi connectivity index (χ1n) is 13.2. The van der Waals surface area contributed by atoms with Crippen LogP contribution in [0.25, 0.3) is 0 Å². The molecule has 1 aromatic heterocycles. The minimum Gasteiger partial charge on any atom is -0.493 e. The van der Waals surface area contributed by atoms with Gasteiger partial charge in [0.25, 0.3) is 0 Å². The van der Waals surface area contributed by atoms with E-state index in [1.165, 1.54) is 13.5 Å². The van der Waals surface area contributed by atoms with Gasteiger partial charge in [0.15, 0.2) is 11.4 Å². The Labute approximate surface area is 219 Å². The Morgan fingerprint density at radius 3 is 2.46 bits per heavy atom. The second-order valence-electron chi connectivity index (χ2n) is 10.6. The number of methoxy groups -OCH3 is 1. The van der Waals surface area contributed by atoms with Crippen LogP contribution >= 0.6 is 0 Å². The van der Waals surface area contributed by atoms with Crippen molar-refractivity contribution in [3.63, 3.8) is 0 Å². The van der Waals surface area contributed by atoms with Crippen molar-refractivity contribution in [2.75, 3.05) is 34.4 Å². The minimum atomic E-state index is -1.21. The van der Waals surface area contributed by atoms with Gasteiger partial charge in [0, 0.05) is 12.3 Å². The summed E-state index contributed by atoms with van der Waals surface area (Å²) in [7, 11) is 5.67. The number of aromatic nitrogens is 1. The van der Waals surface area contributed by atoms with Gasteiger partial charge in [0.2, 0.25) is 5.89 Å². The summed E-state index contributed by atoms with van der Waals surface area (Å²) in [5.41, 5.74) is 0.136. The highest BCUT2D eigenvalue weighted by molar-refractivity contribution is 5.89. The van der Waals surface area contributed by atoms with E-state index < -0.39 is 5.60 Å². The Hall–Kier alpha value is -3.16. The molecule has 3 aromatic rings. The smallest absolute Gasteiger partial charge is 0.337 e. The molecular weight excluding hydrogens is 468 g/mol. The molecule has 0 amide bonds. The molecule has 4 rings (SSSR count). The lowest BCUT2D eigenvalue weighted by Gasteiger charge is -2.36. The number of carbonyl (C=O) groups excluding carboxylic acids is 1. The maximum atomic E-state index is 12.0. The zero-order chi connectivity index (χ0) is 26.3. The fourth-order valence-corrected chi connectivity index (χ4v) is 5.29. The van der Waals surface area contributed by atoms with Crippen LogP contribution in [0.1, 0.15) is 66.1 Å². The summed E-state index contributed by atoms with van der Waals surface area (Å²) in [5.74, 6) is 1.63. The van der Waals surface area contributed by atoms with Gasteiger partial charge in [-0.25, -0.2) is 9.78 Å². The normalized spacial score (nSPS) is 16.2. The first-order valence-corrected chi connectivity index (χ1v) is 13.2. The lowest BCUT2D eigenvalue weighted by Crippen LogP contribution is -2.40. The molecule has 0 aliphatic heterocycles. The number of carbonyl (C=O) groups is 1. The van der Waals surface area contributed by atoms with Gasteiger partial charge in [-0.05, 0) is 42.7 Å². The highest BCUT2D eigenvalue weighted by Crippen LogP contribution is 2.43. The van der Waals surface area contributed by atoms with Gasteiger partial charge >= 0.3 is 5.97 Å². The zero-order valence-corrected chi connectivity index (χ0v) is 22.2. The summed E-state index contributed by atoms with van der Waals surface area (Å²) in [6, 6.07) is 16.8. The van der Waals surface area contributed by atoms with Crippen LogP contribution in [0, 0.1) is 5.92 Å². The van der Waals surface area contributed by atoms with Gasteiger partial charge in [-0.15, -0.1) is 0 Å². The Balaban J connectivity index is 1.36. The number of benzene rings is 2. The number of esters is 1. The van der Waals surface area contributed by atoms with Crippen molar-refractivity contribution in [3.05, 3.63) is 83.6 Å². The summed E-state index contributed by atoms with van der Waals surface area (Å²) >= 11 is 0. The third-order valence-corrected chi connectivity index (χ3v) is 7.33. The highest BCUT2D eigenvalue weighted by atomic mass is 16.5. The number of quaternary nitrogens is 1. The van der Waals surface area contributed by atoms with Crippen molar-refractivity contribution in [3.8, 4) is 5.75 Å². The number of oxazole rings is 1. The molecule has 37 heavy (non-hydrogen) atoms. The molecule has 0 unspecified atom stereocenters. The fraction of sp³-hybridized carbons (Fsp3) is 0.467. The second-order valence-corrected chi connectivity index (χ2v) is 10.6. The monoisotopic (exact) mass is 507 g/mol. The summed E-state index contributed by atoms with van der Waals surface area (Å²) < 4.78 is 17.5. The Kier molecular flexibility index (Phi) is 8.67. The molecule has 1 atom stereocenters. The topological polar surface area (TPSA) is 81.8 Å². The average molecular weight is 508 g/mol. The predicted octanol–water partition coefficient (Wildman–Crippen LogP) is 5.32. The number of rotatable bonds is 11. The van der Waals surface area contributed by atoms with Crippen LogP contribution in [0.4, 0.5) is 0 Å². The van der Waals surface area contributed by atoms with Crippen LogP contribution in [-0.2, 0) is 16.9 Å². The molecule has 0 saturated heterocycles. The molecule has 198 valence electrons. The molecule has 1 fully saturated rings. The quantitative estimate of drug-likeness (QED) is 0.215. The van der Waals surface area contributed by atoms with Crippen molar-refractivity contribution in [2.24, 2.45) is 5.92 Å². The largest absolute Gasteiger partial charge is 0.493 e. The van der Waals surface area contributed by atoms with Crippen molar-refractivity contribution in [2.45, 2.75) is 50.7 Å². The van der Waals surface area contributed by atoms with E-state index in [1.54, 1.807) is 30.5 Å². The van der Waals surface area contributed by atoms with Gasteiger partial charge in [-0.2, -0.15) is 0 Å². The lowest BCUT2D eigenvalue weighted by molar-refractivity contribution is -0.904. The van der Waals surface area contributed by atoms with E-state index in [9.17, 15) is 9.90 Å². The van der Waals surface area contributed by atoms with Gasteiger partial charge < -0.3 is 23.5 Å². The molecule has 1 saturated carbocycles. The van der Waals surface area contributed by atoms with Crippen molar-refractivity contribution in [1.82, 2.24) is 4.98 Å². The van der Waals surface area contributed by atoms with E-state index in [2.05, 4.69) is 19.1 Å². The highest BCUT2D eigenvalue weighted by Gasteiger charge is 2.44. The zero-order valence-electron chi connectivity index (χ0n) is 22.2. The maximum absolute atomic E-state index is 12.0. The van der Waals surface area contributed by atoms with Gasteiger partial charge in [-0.1, -0.05) is 49.6 Å². The molecule has 0 spiro atoms. The Morgan fingerprint density at radius 1 is 1.08 bits per heavy atom. The van der Waals surface area contributed by atoms with Gasteiger partial charge in [0.1, 0.15) is 12.3 Å². The predicted molar refractivity (Wildman–Crippen MR) is 141 cm³/mol. The summed E-state index contributed by atoms with van der Waals surface area (Å²) in [6.07, 6.45) is 8.01. The lowest BCUT2D eigenvalue weighted by atomic mass is 9.73. The van der Waals surface area contributed by atoms with Gasteiger partial charge in [0.05, 0.1) is 46.1 Å². The Morgan fingerprint density at radius 2 is 1.78 bits per heavy atom.